The maximum Gasteiger partial charge on any atom is 0.123 e. The Hall–Kier alpha value is -1.53. The zero-order chi connectivity index (χ0) is 10.9. The number of hydrogen-bond donors (Lipinski definition) is 1. The molecule has 3 heteroatoms. The molecule has 0 saturated carbocycles. The summed E-state index contributed by atoms with van der Waals surface area (Å²) in [5.74, 6) is 0.908. The monoisotopic (exact) mass is 204 g/mol. The van der Waals surface area contributed by atoms with E-state index in [1.807, 2.05) is 24.3 Å². The zero-order valence-corrected chi connectivity index (χ0v) is 8.99. The van der Waals surface area contributed by atoms with Crippen molar-refractivity contribution in [1.82, 2.24) is 5.32 Å². The van der Waals surface area contributed by atoms with Crippen molar-refractivity contribution in [2.75, 3.05) is 13.7 Å². The first-order chi connectivity index (χ1) is 7.38. The Balaban J connectivity index is 2.34. The Bertz CT molecular complexity index is 331. The first-order valence-electron chi connectivity index (χ1n) is 5.08. The molecule has 0 saturated heterocycles. The van der Waals surface area contributed by atoms with Crippen LogP contribution in [0.2, 0.25) is 0 Å². The van der Waals surface area contributed by atoms with Gasteiger partial charge in [0.2, 0.25) is 0 Å². The maximum absolute atomic E-state index is 8.37. The molecule has 0 amide bonds. The van der Waals surface area contributed by atoms with E-state index in [0.717, 1.165) is 30.8 Å². The first-order valence-corrected chi connectivity index (χ1v) is 5.08. The standard InChI is InChI=1S/C12H16N2O/c1-15-12-7-3-2-6-11(12)10-14-9-5-4-8-13/h2-3,6-7,14H,4-5,9-10H2,1H3. The number of nitriles is 1. The van der Waals surface area contributed by atoms with E-state index in [0.29, 0.717) is 6.42 Å². The van der Waals surface area contributed by atoms with Crippen molar-refractivity contribution in [3.8, 4) is 11.8 Å². The van der Waals surface area contributed by atoms with Crippen LogP contribution in [0, 0.1) is 11.3 Å². The minimum absolute atomic E-state index is 0.610. The molecule has 0 heterocycles. The van der Waals surface area contributed by atoms with E-state index < -0.39 is 0 Å². The normalized spacial score (nSPS) is 9.60. The molecular weight excluding hydrogens is 188 g/mol. The van der Waals surface area contributed by atoms with Crippen molar-refractivity contribution in [2.45, 2.75) is 19.4 Å². The van der Waals surface area contributed by atoms with Crippen LogP contribution in [-0.4, -0.2) is 13.7 Å². The van der Waals surface area contributed by atoms with Gasteiger partial charge in [-0.1, -0.05) is 18.2 Å². The average Bonchev–Trinajstić information content (AvgIpc) is 2.29. The zero-order valence-electron chi connectivity index (χ0n) is 8.99. The molecule has 0 radical (unpaired) electrons. The van der Waals surface area contributed by atoms with Crippen LogP contribution in [0.15, 0.2) is 24.3 Å². The molecule has 0 fully saturated rings. The second kappa shape index (κ2) is 6.86. The molecule has 80 valence electrons. The van der Waals surface area contributed by atoms with Gasteiger partial charge < -0.3 is 10.1 Å². The van der Waals surface area contributed by atoms with Crippen LogP contribution in [0.3, 0.4) is 0 Å². The topological polar surface area (TPSA) is 45.0 Å². The largest absolute Gasteiger partial charge is 0.496 e. The minimum Gasteiger partial charge on any atom is -0.496 e. The summed E-state index contributed by atoms with van der Waals surface area (Å²) in [4.78, 5) is 0. The van der Waals surface area contributed by atoms with Crippen LogP contribution < -0.4 is 10.1 Å². The highest BCUT2D eigenvalue weighted by atomic mass is 16.5. The summed E-state index contributed by atoms with van der Waals surface area (Å²) in [5, 5.41) is 11.6. The lowest BCUT2D eigenvalue weighted by Gasteiger charge is -2.08. The molecule has 0 aromatic heterocycles. The predicted octanol–water partition coefficient (Wildman–Crippen LogP) is 2.09. The summed E-state index contributed by atoms with van der Waals surface area (Å²) in [5.41, 5.74) is 1.15. The van der Waals surface area contributed by atoms with Crippen LogP contribution in [0.25, 0.3) is 0 Å². The molecule has 0 aliphatic carbocycles. The average molecular weight is 204 g/mol. The van der Waals surface area contributed by atoms with Gasteiger partial charge >= 0.3 is 0 Å². The van der Waals surface area contributed by atoms with Crippen LogP contribution in [-0.2, 0) is 6.54 Å². The summed E-state index contributed by atoms with van der Waals surface area (Å²) < 4.78 is 5.23. The van der Waals surface area contributed by atoms with Gasteiger partial charge in [0.1, 0.15) is 5.75 Å². The van der Waals surface area contributed by atoms with E-state index in [1.165, 1.54) is 0 Å². The minimum atomic E-state index is 0.610. The summed E-state index contributed by atoms with van der Waals surface area (Å²) in [7, 11) is 1.68. The fraction of sp³-hybridized carbons (Fsp3) is 0.417. The number of nitrogens with zero attached hydrogens (tertiary/aromatic N) is 1. The van der Waals surface area contributed by atoms with Crippen LogP contribution in [0.4, 0.5) is 0 Å². The number of nitrogens with one attached hydrogen (secondary N) is 1. The van der Waals surface area contributed by atoms with E-state index in [-0.39, 0.29) is 0 Å². The molecular formula is C12H16N2O. The van der Waals surface area contributed by atoms with Crippen molar-refractivity contribution >= 4 is 0 Å². The number of ether oxygens (including phenoxy) is 1. The van der Waals surface area contributed by atoms with E-state index in [1.54, 1.807) is 7.11 Å². The summed E-state index contributed by atoms with van der Waals surface area (Å²) >= 11 is 0. The number of rotatable bonds is 6. The quantitative estimate of drug-likeness (QED) is 0.722. The Kier molecular flexibility index (Phi) is 5.28. The van der Waals surface area contributed by atoms with Gasteiger partial charge in [0.05, 0.1) is 13.2 Å². The van der Waals surface area contributed by atoms with Crippen molar-refractivity contribution < 1.29 is 4.74 Å². The Labute approximate surface area is 90.7 Å². The van der Waals surface area contributed by atoms with Crippen LogP contribution in [0.1, 0.15) is 18.4 Å². The third-order valence-corrected chi connectivity index (χ3v) is 2.15. The second-order valence-corrected chi connectivity index (χ2v) is 3.25. The smallest absolute Gasteiger partial charge is 0.123 e. The van der Waals surface area contributed by atoms with Crippen LogP contribution >= 0.6 is 0 Å². The Morgan fingerprint density at radius 2 is 2.20 bits per heavy atom. The van der Waals surface area contributed by atoms with Gasteiger partial charge in [-0.3, -0.25) is 0 Å². The molecule has 3 nitrogen and oxygen atoms in total. The maximum atomic E-state index is 8.37. The molecule has 0 aliphatic heterocycles. The Morgan fingerprint density at radius 1 is 1.40 bits per heavy atom. The van der Waals surface area contributed by atoms with Gasteiger partial charge in [0.15, 0.2) is 0 Å². The van der Waals surface area contributed by atoms with Gasteiger partial charge in [-0.25, -0.2) is 0 Å². The fourth-order valence-corrected chi connectivity index (χ4v) is 1.36. The fourth-order valence-electron chi connectivity index (χ4n) is 1.36. The highest BCUT2D eigenvalue weighted by molar-refractivity contribution is 5.32. The lowest BCUT2D eigenvalue weighted by molar-refractivity contribution is 0.407. The highest BCUT2D eigenvalue weighted by Crippen LogP contribution is 2.16. The lowest BCUT2D eigenvalue weighted by atomic mass is 10.2. The summed E-state index contributed by atoms with van der Waals surface area (Å²) in [6, 6.07) is 10.1. The van der Waals surface area contributed by atoms with Gasteiger partial charge in [-0.15, -0.1) is 0 Å². The lowest BCUT2D eigenvalue weighted by Crippen LogP contribution is -2.15. The van der Waals surface area contributed by atoms with E-state index in [9.17, 15) is 0 Å². The molecule has 0 atom stereocenters. The third kappa shape index (κ3) is 4.01. The summed E-state index contributed by atoms with van der Waals surface area (Å²) in [6.45, 7) is 1.65. The van der Waals surface area contributed by atoms with Gasteiger partial charge in [-0.2, -0.15) is 5.26 Å². The molecule has 0 spiro atoms. The molecule has 0 unspecified atom stereocenters. The second-order valence-electron chi connectivity index (χ2n) is 3.25. The Morgan fingerprint density at radius 3 is 2.93 bits per heavy atom. The van der Waals surface area contributed by atoms with Crippen molar-refractivity contribution in [3.63, 3.8) is 0 Å². The van der Waals surface area contributed by atoms with Crippen molar-refractivity contribution in [2.24, 2.45) is 0 Å². The number of methoxy groups -OCH3 is 1. The van der Waals surface area contributed by atoms with Crippen LogP contribution in [0.5, 0.6) is 5.75 Å². The van der Waals surface area contributed by atoms with Gasteiger partial charge in [0, 0.05) is 18.5 Å². The molecule has 1 aromatic rings. The molecule has 1 aromatic carbocycles. The van der Waals surface area contributed by atoms with E-state index in [4.69, 9.17) is 10.00 Å². The predicted molar refractivity (Wildman–Crippen MR) is 59.5 cm³/mol. The van der Waals surface area contributed by atoms with Crippen molar-refractivity contribution in [3.05, 3.63) is 29.8 Å². The number of unbranched alkanes of at least 4 members (excludes halogenated alkanes) is 1. The number of para-hydroxylation sites is 1. The SMILES string of the molecule is COc1ccccc1CNCCCC#N. The van der Waals surface area contributed by atoms with Gasteiger partial charge in [-0.05, 0) is 19.0 Å². The molecule has 0 bridgehead atoms. The molecule has 0 aliphatic rings. The first kappa shape index (κ1) is 11.5. The molecule has 15 heavy (non-hydrogen) atoms. The summed E-state index contributed by atoms with van der Waals surface area (Å²) in [6.07, 6.45) is 1.50. The molecule has 1 rings (SSSR count). The van der Waals surface area contributed by atoms with E-state index >= 15 is 0 Å². The molecule has 1 N–H and O–H groups in total. The third-order valence-electron chi connectivity index (χ3n) is 2.15. The number of hydrogen-bond acceptors (Lipinski definition) is 3. The highest BCUT2D eigenvalue weighted by Gasteiger charge is 1.99. The number of benzene rings is 1. The van der Waals surface area contributed by atoms with Crippen molar-refractivity contribution in [1.29, 1.82) is 5.26 Å². The van der Waals surface area contributed by atoms with Gasteiger partial charge in [0.25, 0.3) is 0 Å². The van der Waals surface area contributed by atoms with E-state index in [2.05, 4.69) is 11.4 Å².